The zero-order valence-electron chi connectivity index (χ0n) is 19.0. The van der Waals surface area contributed by atoms with E-state index in [1.54, 1.807) is 35.0 Å². The van der Waals surface area contributed by atoms with Crippen LogP contribution in [0.2, 0.25) is 0 Å². The second-order valence-corrected chi connectivity index (χ2v) is 9.71. The van der Waals surface area contributed by atoms with E-state index in [2.05, 4.69) is 21.6 Å². The van der Waals surface area contributed by atoms with E-state index in [0.29, 0.717) is 17.1 Å². The molecule has 0 atom stereocenters. The van der Waals surface area contributed by atoms with Gasteiger partial charge in [0.15, 0.2) is 0 Å². The van der Waals surface area contributed by atoms with Crippen LogP contribution in [-0.4, -0.2) is 26.8 Å². The highest BCUT2D eigenvalue weighted by Crippen LogP contribution is 2.73. The molecule has 1 aromatic carbocycles. The number of hydrogen-bond donors (Lipinski definition) is 3. The van der Waals surface area contributed by atoms with E-state index >= 15 is 0 Å². The number of aromatic nitrogens is 3. The first-order valence-electron chi connectivity index (χ1n) is 11.1. The first-order chi connectivity index (χ1) is 16.2. The molecule has 3 aliphatic carbocycles. The molecule has 2 heterocycles. The van der Waals surface area contributed by atoms with Crippen LogP contribution in [0, 0.1) is 16.7 Å². The number of nitrogens with two attached hydrogens (primary N) is 2. The maximum atomic E-state index is 12.5. The average molecular weight is 460 g/mol. The molecule has 2 amide bonds. The number of benzene rings is 1. The van der Waals surface area contributed by atoms with Gasteiger partial charge in [-0.2, -0.15) is 10.4 Å². The van der Waals surface area contributed by atoms with Crippen molar-refractivity contribution in [3.8, 4) is 17.3 Å². The predicted molar refractivity (Wildman–Crippen MR) is 123 cm³/mol. The number of anilines is 2. The molecule has 2 aromatic heterocycles. The van der Waals surface area contributed by atoms with Gasteiger partial charge in [-0.15, -0.1) is 0 Å². The van der Waals surface area contributed by atoms with E-state index in [-0.39, 0.29) is 40.6 Å². The molecule has 174 valence electrons. The maximum Gasteiger partial charge on any atom is 0.254 e. The number of primary amides is 1. The smallest absolute Gasteiger partial charge is 0.254 e. The predicted octanol–water partition coefficient (Wildman–Crippen LogP) is 2.93. The molecule has 6 rings (SSSR count). The average Bonchev–Trinajstić information content (AvgIpc) is 3.31. The molecule has 10 nitrogen and oxygen atoms in total. The first-order valence-corrected chi connectivity index (χ1v) is 11.1. The topological polar surface area (TPSA) is 166 Å². The summed E-state index contributed by atoms with van der Waals surface area (Å²) in [5.74, 6) is -0.356. The Morgan fingerprint density at radius 3 is 2.53 bits per heavy atom. The molecule has 0 saturated heterocycles. The van der Waals surface area contributed by atoms with Gasteiger partial charge in [-0.3, -0.25) is 14.9 Å². The standard InChI is InChI=1S/C24H25N7O3/c1-13(2)31-21(26)19(22(27)33)20(29-31)15-5-3-14(4-6-15)7-17(32)28-18-8-16(30-34-18)24-9-23(10-24,11-24)12-25/h3-6,8,13H,7,9-11,26H2,1-2H3,(H2,27,33)(H,28,32). The molecule has 0 spiro atoms. The molecule has 0 aliphatic heterocycles. The molecular formula is C24H25N7O3. The van der Waals surface area contributed by atoms with Crippen LogP contribution < -0.4 is 16.8 Å². The fourth-order valence-electron chi connectivity index (χ4n) is 5.20. The Morgan fingerprint density at radius 2 is 1.94 bits per heavy atom. The van der Waals surface area contributed by atoms with E-state index in [1.807, 2.05) is 13.8 Å². The maximum absolute atomic E-state index is 12.5. The van der Waals surface area contributed by atoms with Crippen molar-refractivity contribution >= 4 is 23.5 Å². The SMILES string of the molecule is CC(C)n1nc(-c2ccc(CC(=O)Nc3cc(C45CC(C#N)(C4)C5)no3)cc2)c(C(N)=O)c1N. The summed E-state index contributed by atoms with van der Waals surface area (Å²) in [4.78, 5) is 24.5. The van der Waals surface area contributed by atoms with Crippen molar-refractivity contribution < 1.29 is 14.1 Å². The van der Waals surface area contributed by atoms with Crippen LogP contribution in [0.3, 0.4) is 0 Å². The van der Waals surface area contributed by atoms with Crippen molar-refractivity contribution in [1.29, 1.82) is 5.26 Å². The van der Waals surface area contributed by atoms with Gasteiger partial charge in [-0.25, -0.2) is 4.68 Å². The normalized spacial score (nSPS) is 22.5. The minimum absolute atomic E-state index is 0.0338. The number of carbonyl (C=O) groups is 2. The van der Waals surface area contributed by atoms with Crippen LogP contribution in [0.1, 0.15) is 60.8 Å². The van der Waals surface area contributed by atoms with Crippen molar-refractivity contribution in [1.82, 2.24) is 14.9 Å². The van der Waals surface area contributed by atoms with Crippen LogP contribution in [0.15, 0.2) is 34.9 Å². The molecule has 3 aliphatic rings. The summed E-state index contributed by atoms with van der Waals surface area (Å²) in [6, 6.07) is 11.2. The van der Waals surface area contributed by atoms with Crippen LogP contribution in [0.5, 0.6) is 0 Å². The van der Waals surface area contributed by atoms with Crippen molar-refractivity contribution in [3.05, 3.63) is 47.2 Å². The largest absolute Gasteiger partial charge is 0.383 e. The summed E-state index contributed by atoms with van der Waals surface area (Å²) in [6.45, 7) is 3.82. The summed E-state index contributed by atoms with van der Waals surface area (Å²) in [5, 5.41) is 20.5. The van der Waals surface area contributed by atoms with Gasteiger partial charge >= 0.3 is 0 Å². The van der Waals surface area contributed by atoms with Crippen LogP contribution in [0.4, 0.5) is 11.7 Å². The Balaban J connectivity index is 1.25. The second-order valence-electron chi connectivity index (χ2n) is 9.71. The van der Waals surface area contributed by atoms with Gasteiger partial charge in [-0.05, 0) is 38.7 Å². The van der Waals surface area contributed by atoms with Crippen molar-refractivity contribution in [2.24, 2.45) is 11.1 Å². The van der Waals surface area contributed by atoms with Crippen LogP contribution in [0.25, 0.3) is 11.3 Å². The highest BCUT2D eigenvalue weighted by Gasteiger charge is 2.70. The number of nitriles is 1. The number of amides is 2. The second kappa shape index (κ2) is 7.45. The number of nitrogen functional groups attached to an aromatic ring is 1. The van der Waals surface area contributed by atoms with Gasteiger partial charge in [0.25, 0.3) is 5.91 Å². The van der Waals surface area contributed by atoms with E-state index < -0.39 is 5.91 Å². The van der Waals surface area contributed by atoms with E-state index in [9.17, 15) is 14.9 Å². The molecule has 3 fully saturated rings. The van der Waals surface area contributed by atoms with E-state index in [4.69, 9.17) is 16.0 Å². The molecular weight excluding hydrogens is 434 g/mol. The fraction of sp³-hybridized carbons (Fsp3) is 0.375. The zero-order valence-corrected chi connectivity index (χ0v) is 19.0. The fourth-order valence-corrected chi connectivity index (χ4v) is 5.20. The molecule has 2 bridgehead atoms. The summed E-state index contributed by atoms with van der Waals surface area (Å²) >= 11 is 0. The third-order valence-corrected chi connectivity index (χ3v) is 6.86. The summed E-state index contributed by atoms with van der Waals surface area (Å²) in [6.07, 6.45) is 2.55. The Bertz CT molecular complexity index is 1320. The van der Waals surface area contributed by atoms with Crippen molar-refractivity contribution in [2.45, 2.75) is 51.0 Å². The highest BCUT2D eigenvalue weighted by molar-refractivity contribution is 6.03. The molecule has 34 heavy (non-hydrogen) atoms. The highest BCUT2D eigenvalue weighted by atomic mass is 16.5. The van der Waals surface area contributed by atoms with Gasteiger partial charge < -0.3 is 16.0 Å². The first kappa shape index (κ1) is 21.7. The molecule has 0 radical (unpaired) electrons. The molecule has 10 heteroatoms. The van der Waals surface area contributed by atoms with Gasteiger partial charge in [0.2, 0.25) is 11.8 Å². The molecule has 0 unspecified atom stereocenters. The number of hydrogen-bond acceptors (Lipinski definition) is 7. The van der Waals surface area contributed by atoms with Crippen molar-refractivity contribution in [3.63, 3.8) is 0 Å². The Kier molecular flexibility index (Phi) is 4.75. The minimum Gasteiger partial charge on any atom is -0.383 e. The third-order valence-electron chi connectivity index (χ3n) is 6.86. The lowest BCUT2D eigenvalue weighted by Gasteiger charge is -2.66. The van der Waals surface area contributed by atoms with E-state index in [1.165, 1.54) is 0 Å². The van der Waals surface area contributed by atoms with Crippen molar-refractivity contribution in [2.75, 3.05) is 11.1 Å². The number of nitrogens with one attached hydrogen (secondary N) is 1. The summed E-state index contributed by atoms with van der Waals surface area (Å²) in [7, 11) is 0. The Morgan fingerprint density at radius 1 is 1.26 bits per heavy atom. The Hall–Kier alpha value is -4.13. The number of rotatable bonds is 7. The lowest BCUT2D eigenvalue weighted by molar-refractivity contribution is -0.115. The molecule has 3 saturated carbocycles. The monoisotopic (exact) mass is 459 g/mol. The summed E-state index contributed by atoms with van der Waals surface area (Å²) in [5.41, 5.74) is 14.2. The van der Waals surface area contributed by atoms with Crippen LogP contribution in [-0.2, 0) is 16.6 Å². The molecule has 5 N–H and O–H groups in total. The van der Waals surface area contributed by atoms with Gasteiger partial charge in [0, 0.05) is 23.1 Å². The van der Waals surface area contributed by atoms with Crippen LogP contribution >= 0.6 is 0 Å². The number of nitrogens with zero attached hydrogens (tertiary/aromatic N) is 4. The van der Waals surface area contributed by atoms with E-state index in [0.717, 1.165) is 30.5 Å². The molecule has 3 aromatic rings. The third kappa shape index (κ3) is 3.32. The quantitative estimate of drug-likeness (QED) is 0.488. The van der Waals surface area contributed by atoms with Gasteiger partial charge in [0.05, 0.1) is 23.6 Å². The minimum atomic E-state index is -0.643. The zero-order chi connectivity index (χ0) is 24.3. The van der Waals surface area contributed by atoms with Gasteiger partial charge in [0.1, 0.15) is 17.1 Å². The lowest BCUT2D eigenvalue weighted by atomic mass is 9.35. The lowest BCUT2D eigenvalue weighted by Crippen LogP contribution is -2.63. The number of carbonyl (C=O) groups excluding carboxylic acids is 2. The Labute approximate surface area is 195 Å². The van der Waals surface area contributed by atoms with Gasteiger partial charge in [-0.1, -0.05) is 29.4 Å². The summed E-state index contributed by atoms with van der Waals surface area (Å²) < 4.78 is 6.87.